The van der Waals surface area contributed by atoms with E-state index in [1.165, 1.54) is 0 Å². The van der Waals surface area contributed by atoms with Crippen molar-refractivity contribution in [2.45, 2.75) is 24.7 Å². The summed E-state index contributed by atoms with van der Waals surface area (Å²) in [6.45, 7) is 1.84. The summed E-state index contributed by atoms with van der Waals surface area (Å²) < 4.78 is 26.3. The van der Waals surface area contributed by atoms with E-state index in [0.717, 1.165) is 24.3 Å². The number of non-ortho nitro benzene ring substituents is 1. The van der Waals surface area contributed by atoms with Gasteiger partial charge in [-0.1, -0.05) is 6.92 Å². The van der Waals surface area contributed by atoms with E-state index in [0.29, 0.717) is 6.42 Å². The Bertz CT molecular complexity index is 611. The third-order valence-corrected chi connectivity index (χ3v) is 4.27. The van der Waals surface area contributed by atoms with E-state index in [1.807, 2.05) is 0 Å². The molecule has 116 valence electrons. The van der Waals surface area contributed by atoms with Crippen LogP contribution < -0.4 is 4.72 Å². The molecule has 0 heterocycles. The van der Waals surface area contributed by atoms with Gasteiger partial charge in [0.15, 0.2) is 0 Å². The maximum Gasteiger partial charge on any atom is 0.303 e. The Morgan fingerprint density at radius 1 is 1.38 bits per heavy atom. The maximum atomic E-state index is 12.0. The Hall–Kier alpha value is -2.00. The summed E-state index contributed by atoms with van der Waals surface area (Å²) in [5.41, 5.74) is -0.191. The second kappa shape index (κ2) is 7.14. The van der Waals surface area contributed by atoms with Crippen LogP contribution >= 0.6 is 0 Å². The largest absolute Gasteiger partial charge is 0.481 e. The number of carboxylic acid groups (broad SMARTS) is 1. The first-order valence-electron chi connectivity index (χ1n) is 6.18. The minimum Gasteiger partial charge on any atom is -0.481 e. The Morgan fingerprint density at radius 2 is 1.95 bits per heavy atom. The number of aliphatic carboxylic acids is 1. The van der Waals surface area contributed by atoms with Crippen molar-refractivity contribution in [1.82, 2.24) is 4.72 Å². The third kappa shape index (κ3) is 5.48. The smallest absolute Gasteiger partial charge is 0.303 e. The molecule has 0 radical (unpaired) electrons. The molecule has 0 amide bonds. The Balaban J connectivity index is 2.64. The predicted molar refractivity (Wildman–Crippen MR) is 74.3 cm³/mol. The molecule has 2 N–H and O–H groups in total. The molecule has 0 bridgehead atoms. The minimum absolute atomic E-state index is 0.0274. The Morgan fingerprint density at radius 3 is 2.43 bits per heavy atom. The second-order valence-electron chi connectivity index (χ2n) is 4.64. The maximum absolute atomic E-state index is 12.0. The highest BCUT2D eigenvalue weighted by Crippen LogP contribution is 2.16. The van der Waals surface area contributed by atoms with Crippen LogP contribution in [-0.2, 0) is 14.8 Å². The first-order chi connectivity index (χ1) is 9.72. The molecule has 1 unspecified atom stereocenters. The zero-order chi connectivity index (χ0) is 16.0. The molecule has 0 saturated carbocycles. The molecular weight excluding hydrogens is 300 g/mol. The van der Waals surface area contributed by atoms with Gasteiger partial charge in [-0.15, -0.1) is 0 Å². The number of carboxylic acids is 1. The lowest BCUT2D eigenvalue weighted by atomic mass is 10.1. The number of hydrogen-bond donors (Lipinski definition) is 2. The van der Waals surface area contributed by atoms with Crippen molar-refractivity contribution in [3.8, 4) is 0 Å². The summed E-state index contributed by atoms with van der Waals surface area (Å²) in [6.07, 6.45) is 0.332. The molecule has 0 spiro atoms. The van der Waals surface area contributed by atoms with Crippen molar-refractivity contribution in [2.75, 3.05) is 6.54 Å². The van der Waals surface area contributed by atoms with E-state index in [4.69, 9.17) is 5.11 Å². The Kier molecular flexibility index (Phi) is 5.79. The van der Waals surface area contributed by atoms with E-state index in [1.54, 1.807) is 6.92 Å². The van der Waals surface area contributed by atoms with Gasteiger partial charge >= 0.3 is 5.97 Å². The summed E-state index contributed by atoms with van der Waals surface area (Å²) in [7, 11) is -3.76. The first-order valence-corrected chi connectivity index (χ1v) is 7.66. The molecule has 0 saturated heterocycles. The molecule has 0 aliphatic rings. The average molecular weight is 316 g/mol. The molecule has 1 rings (SSSR count). The number of nitrogens with one attached hydrogen (secondary N) is 1. The normalized spacial score (nSPS) is 12.8. The van der Waals surface area contributed by atoms with E-state index >= 15 is 0 Å². The van der Waals surface area contributed by atoms with Crippen LogP contribution in [0.25, 0.3) is 0 Å². The van der Waals surface area contributed by atoms with Crippen LogP contribution in [0, 0.1) is 16.0 Å². The monoisotopic (exact) mass is 316 g/mol. The van der Waals surface area contributed by atoms with Crippen LogP contribution in [-0.4, -0.2) is 31.0 Å². The van der Waals surface area contributed by atoms with E-state index in [9.17, 15) is 23.3 Å². The van der Waals surface area contributed by atoms with Gasteiger partial charge in [-0.05, 0) is 24.5 Å². The van der Waals surface area contributed by atoms with Gasteiger partial charge in [-0.2, -0.15) is 0 Å². The number of sulfonamides is 1. The third-order valence-electron chi connectivity index (χ3n) is 2.83. The lowest BCUT2D eigenvalue weighted by molar-refractivity contribution is -0.384. The van der Waals surface area contributed by atoms with Gasteiger partial charge in [-0.3, -0.25) is 14.9 Å². The van der Waals surface area contributed by atoms with Crippen LogP contribution in [0.3, 0.4) is 0 Å². The van der Waals surface area contributed by atoms with Crippen LogP contribution in [0.1, 0.15) is 19.8 Å². The lowest BCUT2D eigenvalue weighted by Gasteiger charge is -2.11. The summed E-state index contributed by atoms with van der Waals surface area (Å²) in [5.74, 6) is -1.06. The summed E-state index contributed by atoms with van der Waals surface area (Å²) in [6, 6.07) is 4.54. The fraction of sp³-hybridized carbons (Fsp3) is 0.417. The van der Waals surface area contributed by atoms with Gasteiger partial charge in [-0.25, -0.2) is 13.1 Å². The molecule has 1 aromatic rings. The number of rotatable bonds is 8. The van der Waals surface area contributed by atoms with Crippen molar-refractivity contribution in [3.05, 3.63) is 34.4 Å². The molecule has 9 heteroatoms. The minimum atomic E-state index is -3.76. The SMILES string of the molecule is CC(CCC(=O)O)CNS(=O)(=O)c1ccc([N+](=O)[O-])cc1. The summed E-state index contributed by atoms with van der Waals surface area (Å²) >= 11 is 0. The molecule has 21 heavy (non-hydrogen) atoms. The topological polar surface area (TPSA) is 127 Å². The number of nitro groups is 1. The van der Waals surface area contributed by atoms with E-state index in [2.05, 4.69) is 4.72 Å². The van der Waals surface area contributed by atoms with Gasteiger partial charge in [0.2, 0.25) is 10.0 Å². The number of nitrogens with zero attached hydrogens (tertiary/aromatic N) is 1. The van der Waals surface area contributed by atoms with Crippen molar-refractivity contribution in [3.63, 3.8) is 0 Å². The van der Waals surface area contributed by atoms with Crippen LogP contribution in [0.15, 0.2) is 29.2 Å². The van der Waals surface area contributed by atoms with E-state index in [-0.39, 0.29) is 29.5 Å². The van der Waals surface area contributed by atoms with Crippen molar-refractivity contribution < 1.29 is 23.2 Å². The highest BCUT2D eigenvalue weighted by Gasteiger charge is 2.17. The summed E-state index contributed by atoms with van der Waals surface area (Å²) in [5, 5.41) is 19.0. The highest BCUT2D eigenvalue weighted by molar-refractivity contribution is 7.89. The average Bonchev–Trinajstić information content (AvgIpc) is 2.43. The van der Waals surface area contributed by atoms with Gasteiger partial charge in [0.05, 0.1) is 9.82 Å². The Labute approximate surface area is 122 Å². The molecular formula is C12H16N2O6S. The zero-order valence-electron chi connectivity index (χ0n) is 11.4. The standard InChI is InChI=1S/C12H16N2O6S/c1-9(2-7-12(15)16)8-13-21(19,20)11-5-3-10(4-6-11)14(17)18/h3-6,9,13H,2,7-8H2,1H3,(H,15,16). The fourth-order valence-corrected chi connectivity index (χ4v) is 2.72. The van der Waals surface area contributed by atoms with Gasteiger partial charge in [0, 0.05) is 25.1 Å². The number of benzene rings is 1. The van der Waals surface area contributed by atoms with E-state index < -0.39 is 20.9 Å². The predicted octanol–water partition coefficient (Wildman–Crippen LogP) is 1.37. The molecule has 0 fully saturated rings. The molecule has 1 aromatic carbocycles. The molecule has 8 nitrogen and oxygen atoms in total. The zero-order valence-corrected chi connectivity index (χ0v) is 12.2. The van der Waals surface area contributed by atoms with Crippen LogP contribution in [0.5, 0.6) is 0 Å². The highest BCUT2D eigenvalue weighted by atomic mass is 32.2. The lowest BCUT2D eigenvalue weighted by Crippen LogP contribution is -2.28. The fourth-order valence-electron chi connectivity index (χ4n) is 1.55. The van der Waals surface area contributed by atoms with Gasteiger partial charge in [0.25, 0.3) is 5.69 Å². The molecule has 0 aliphatic heterocycles. The molecule has 0 aromatic heterocycles. The van der Waals surface area contributed by atoms with Crippen molar-refractivity contribution in [2.24, 2.45) is 5.92 Å². The molecule has 1 atom stereocenters. The first kappa shape index (κ1) is 17.1. The van der Waals surface area contributed by atoms with Gasteiger partial charge < -0.3 is 5.11 Å². The second-order valence-corrected chi connectivity index (χ2v) is 6.41. The van der Waals surface area contributed by atoms with Crippen molar-refractivity contribution in [1.29, 1.82) is 0 Å². The number of carbonyl (C=O) groups is 1. The number of nitro benzene ring substituents is 1. The summed E-state index contributed by atoms with van der Waals surface area (Å²) in [4.78, 5) is 20.2. The van der Waals surface area contributed by atoms with Crippen molar-refractivity contribution >= 4 is 21.7 Å². The van der Waals surface area contributed by atoms with Gasteiger partial charge in [0.1, 0.15) is 0 Å². The van der Waals surface area contributed by atoms with Crippen LogP contribution in [0.4, 0.5) is 5.69 Å². The molecule has 0 aliphatic carbocycles. The quantitative estimate of drug-likeness (QED) is 0.551. The van der Waals surface area contributed by atoms with Crippen LogP contribution in [0.2, 0.25) is 0 Å². The number of hydrogen-bond acceptors (Lipinski definition) is 5.